The van der Waals surface area contributed by atoms with Crippen LogP contribution < -0.4 is 16.0 Å². The fourth-order valence-corrected chi connectivity index (χ4v) is 1.29. The third-order valence-corrected chi connectivity index (χ3v) is 1.89. The molecule has 1 heterocycles. The Bertz CT molecular complexity index is 264. The van der Waals surface area contributed by atoms with Crippen molar-refractivity contribution >= 4 is 23.5 Å². The minimum Gasteiger partial charge on any atom is -0.328 e. The lowest BCUT2D eigenvalue weighted by molar-refractivity contribution is 1.21. The molecule has 0 aliphatic rings. The van der Waals surface area contributed by atoms with Gasteiger partial charge in [-0.3, -0.25) is 0 Å². The summed E-state index contributed by atoms with van der Waals surface area (Å²) >= 11 is 1.54. The summed E-state index contributed by atoms with van der Waals surface area (Å²) in [6.45, 7) is 2.00. The Morgan fingerprint density at radius 2 is 2.33 bits per heavy atom. The highest BCUT2D eigenvalue weighted by atomic mass is 32.2. The average molecular weight is 184 g/mol. The molecular formula is C7H12N4S. The van der Waals surface area contributed by atoms with E-state index in [1.165, 1.54) is 0 Å². The van der Waals surface area contributed by atoms with Crippen LogP contribution in [0.3, 0.4) is 0 Å². The number of anilines is 2. The van der Waals surface area contributed by atoms with E-state index in [9.17, 15) is 0 Å². The molecule has 0 saturated carbocycles. The Morgan fingerprint density at radius 1 is 1.58 bits per heavy atom. The number of pyridine rings is 1. The van der Waals surface area contributed by atoms with Gasteiger partial charge in [-0.05, 0) is 18.6 Å². The van der Waals surface area contributed by atoms with E-state index in [1.807, 2.05) is 19.2 Å². The monoisotopic (exact) mass is 184 g/mol. The molecule has 1 rings (SSSR count). The maximum Gasteiger partial charge on any atom is 0.140 e. The Kier molecular flexibility index (Phi) is 3.19. The minimum absolute atomic E-state index is 0.680. The number of hydrogen-bond donors (Lipinski definition) is 3. The van der Waals surface area contributed by atoms with Crippen molar-refractivity contribution in [3.63, 3.8) is 0 Å². The zero-order valence-corrected chi connectivity index (χ0v) is 7.90. The molecule has 0 radical (unpaired) electrons. The summed E-state index contributed by atoms with van der Waals surface area (Å²) in [5, 5.41) is 0. The number of nitrogens with one attached hydrogen (secondary N) is 2. The molecule has 4 nitrogen and oxygen atoms in total. The third-order valence-electron chi connectivity index (χ3n) is 1.47. The van der Waals surface area contributed by atoms with E-state index in [4.69, 9.17) is 5.84 Å². The van der Waals surface area contributed by atoms with Crippen LogP contribution in [0.25, 0.3) is 0 Å². The zero-order valence-electron chi connectivity index (χ0n) is 7.09. The van der Waals surface area contributed by atoms with Crippen LogP contribution >= 0.6 is 11.9 Å². The van der Waals surface area contributed by atoms with E-state index < -0.39 is 0 Å². The molecule has 0 saturated heterocycles. The summed E-state index contributed by atoms with van der Waals surface area (Å²) in [6.07, 6.45) is 3.72. The largest absolute Gasteiger partial charge is 0.328 e. The number of aromatic nitrogens is 1. The molecule has 0 spiro atoms. The molecule has 0 aliphatic carbocycles. The van der Waals surface area contributed by atoms with E-state index in [0.717, 1.165) is 11.3 Å². The lowest BCUT2D eigenvalue weighted by Crippen LogP contribution is -2.08. The minimum atomic E-state index is 0.680. The van der Waals surface area contributed by atoms with Gasteiger partial charge >= 0.3 is 0 Å². The first-order valence-corrected chi connectivity index (χ1v) is 4.72. The van der Waals surface area contributed by atoms with Crippen LogP contribution in [0.4, 0.5) is 11.5 Å². The van der Waals surface area contributed by atoms with Gasteiger partial charge in [0.2, 0.25) is 0 Å². The Hall–Kier alpha value is -0.940. The molecule has 0 aromatic carbocycles. The number of nitrogens with zero attached hydrogens (tertiary/aromatic N) is 1. The second-order valence-corrected chi connectivity index (χ2v) is 2.95. The summed E-state index contributed by atoms with van der Waals surface area (Å²) < 4.78 is 3.11. The summed E-state index contributed by atoms with van der Waals surface area (Å²) in [5.41, 5.74) is 4.62. The van der Waals surface area contributed by atoms with Crippen LogP contribution in [0.15, 0.2) is 12.3 Å². The predicted molar refractivity (Wildman–Crippen MR) is 53.9 cm³/mol. The number of nitrogen functional groups attached to an aromatic ring is 1. The fraction of sp³-hybridized carbons (Fsp3) is 0.286. The Balaban J connectivity index is 2.87. The summed E-state index contributed by atoms with van der Waals surface area (Å²) in [5.74, 6) is 5.88. The van der Waals surface area contributed by atoms with Crippen LogP contribution in [0.5, 0.6) is 0 Å². The molecular weight excluding hydrogens is 172 g/mol. The SMILES string of the molecule is CSNc1cnc(NN)cc1C. The van der Waals surface area contributed by atoms with Crippen LogP contribution in [-0.2, 0) is 0 Å². The third kappa shape index (κ3) is 2.02. The van der Waals surface area contributed by atoms with Gasteiger partial charge in [-0.25, -0.2) is 10.8 Å². The molecule has 1 aromatic heterocycles. The standard InChI is InChI=1S/C7H12N4S/c1-5-3-7(10-8)9-4-6(5)11-12-2/h3-4,11H,8H2,1-2H3,(H,9,10). The number of hydrazine groups is 1. The second-order valence-electron chi connectivity index (χ2n) is 2.33. The normalized spacial score (nSPS) is 9.58. The number of rotatable bonds is 3. The van der Waals surface area contributed by atoms with Crippen molar-refractivity contribution in [3.05, 3.63) is 17.8 Å². The first-order chi connectivity index (χ1) is 5.77. The quantitative estimate of drug-likeness (QED) is 0.376. The number of aryl methyl sites for hydroxylation is 1. The van der Waals surface area contributed by atoms with Crippen molar-refractivity contribution in [3.8, 4) is 0 Å². The topological polar surface area (TPSA) is 63.0 Å². The van der Waals surface area contributed by atoms with Gasteiger partial charge in [-0.15, -0.1) is 0 Å². The molecule has 0 unspecified atom stereocenters. The van der Waals surface area contributed by atoms with E-state index in [0.29, 0.717) is 5.82 Å². The maximum atomic E-state index is 5.20. The highest BCUT2D eigenvalue weighted by molar-refractivity contribution is 7.99. The lowest BCUT2D eigenvalue weighted by Gasteiger charge is -2.06. The van der Waals surface area contributed by atoms with Crippen molar-refractivity contribution in [1.82, 2.24) is 4.98 Å². The Labute approximate surface area is 76.0 Å². The van der Waals surface area contributed by atoms with Gasteiger partial charge in [-0.1, -0.05) is 11.9 Å². The predicted octanol–water partition coefficient (Wildman–Crippen LogP) is 1.37. The van der Waals surface area contributed by atoms with E-state index in [-0.39, 0.29) is 0 Å². The van der Waals surface area contributed by atoms with Gasteiger partial charge in [0, 0.05) is 6.26 Å². The van der Waals surface area contributed by atoms with Crippen LogP contribution in [0, 0.1) is 6.92 Å². The van der Waals surface area contributed by atoms with Crippen molar-refractivity contribution < 1.29 is 0 Å². The molecule has 1 aromatic rings. The van der Waals surface area contributed by atoms with Crippen molar-refractivity contribution in [2.75, 3.05) is 16.4 Å². The van der Waals surface area contributed by atoms with E-state index in [2.05, 4.69) is 15.1 Å². The smallest absolute Gasteiger partial charge is 0.140 e. The molecule has 66 valence electrons. The molecule has 0 aliphatic heterocycles. The van der Waals surface area contributed by atoms with Gasteiger partial charge in [0.15, 0.2) is 0 Å². The highest BCUT2D eigenvalue weighted by Gasteiger charge is 1.98. The van der Waals surface area contributed by atoms with Gasteiger partial charge < -0.3 is 10.1 Å². The molecule has 0 bridgehead atoms. The molecule has 12 heavy (non-hydrogen) atoms. The molecule has 0 fully saturated rings. The van der Waals surface area contributed by atoms with Crippen molar-refractivity contribution in [1.29, 1.82) is 0 Å². The van der Waals surface area contributed by atoms with Gasteiger partial charge in [-0.2, -0.15) is 0 Å². The number of nitrogens with two attached hydrogens (primary N) is 1. The van der Waals surface area contributed by atoms with E-state index >= 15 is 0 Å². The molecule has 0 atom stereocenters. The Morgan fingerprint density at radius 3 is 2.83 bits per heavy atom. The first kappa shape index (κ1) is 9.15. The van der Waals surface area contributed by atoms with Gasteiger partial charge in [0.1, 0.15) is 5.82 Å². The van der Waals surface area contributed by atoms with Gasteiger partial charge in [0.05, 0.1) is 11.9 Å². The molecule has 5 heteroatoms. The van der Waals surface area contributed by atoms with Crippen molar-refractivity contribution in [2.24, 2.45) is 5.84 Å². The van der Waals surface area contributed by atoms with Crippen LogP contribution in [-0.4, -0.2) is 11.2 Å². The fourth-order valence-electron chi connectivity index (χ4n) is 0.852. The first-order valence-electron chi connectivity index (χ1n) is 3.50. The molecule has 0 amide bonds. The second kappa shape index (κ2) is 4.18. The van der Waals surface area contributed by atoms with Crippen LogP contribution in [0.2, 0.25) is 0 Å². The van der Waals surface area contributed by atoms with Crippen molar-refractivity contribution in [2.45, 2.75) is 6.92 Å². The summed E-state index contributed by atoms with van der Waals surface area (Å²) in [6, 6.07) is 1.89. The maximum absolute atomic E-state index is 5.20. The lowest BCUT2D eigenvalue weighted by atomic mass is 10.2. The summed E-state index contributed by atoms with van der Waals surface area (Å²) in [4.78, 5) is 4.06. The van der Waals surface area contributed by atoms with E-state index in [1.54, 1.807) is 18.1 Å². The molecule has 4 N–H and O–H groups in total. The average Bonchev–Trinajstić information content (AvgIpc) is 2.09. The van der Waals surface area contributed by atoms with Gasteiger partial charge in [0.25, 0.3) is 0 Å². The zero-order chi connectivity index (χ0) is 8.97. The van der Waals surface area contributed by atoms with Crippen LogP contribution in [0.1, 0.15) is 5.56 Å². The summed E-state index contributed by atoms with van der Waals surface area (Å²) in [7, 11) is 0. The highest BCUT2D eigenvalue weighted by Crippen LogP contribution is 2.18. The number of hydrogen-bond acceptors (Lipinski definition) is 5.